The molecule has 0 radical (unpaired) electrons. The van der Waals surface area contributed by atoms with E-state index in [1.54, 1.807) is 18.2 Å². The SMILES string of the molecule is O=S(=O)(OCCOCCOCCOCCOCCOCCOCCOCCOCCOCCI)c1ccccc1. The molecule has 0 N–H and O–H groups in total. The van der Waals surface area contributed by atoms with Crippen LogP contribution < -0.4 is 0 Å². The third-order valence-corrected chi connectivity index (χ3v) is 6.46. The van der Waals surface area contributed by atoms with Gasteiger partial charge in [-0.25, -0.2) is 0 Å². The summed E-state index contributed by atoms with van der Waals surface area (Å²) in [5, 5.41) is 0. The quantitative estimate of drug-likeness (QED) is 0.0485. The molecule has 1 rings (SSSR count). The summed E-state index contributed by atoms with van der Waals surface area (Å²) in [4.78, 5) is 0.123. The van der Waals surface area contributed by atoms with Crippen LogP contribution in [-0.4, -0.2) is 138 Å². The zero-order valence-corrected chi connectivity index (χ0v) is 26.2. The van der Waals surface area contributed by atoms with Gasteiger partial charge in [0.2, 0.25) is 0 Å². The van der Waals surface area contributed by atoms with Gasteiger partial charge in [0.25, 0.3) is 10.1 Å². The van der Waals surface area contributed by atoms with Crippen LogP contribution >= 0.6 is 22.6 Å². The smallest absolute Gasteiger partial charge is 0.297 e. The van der Waals surface area contributed by atoms with E-state index in [0.717, 1.165) is 11.0 Å². The monoisotopic (exact) mass is 708 g/mol. The highest BCUT2D eigenvalue weighted by atomic mass is 127. The predicted octanol–water partition coefficient (Wildman–Crippen LogP) is 1.98. The molecule has 0 atom stereocenters. The summed E-state index contributed by atoms with van der Waals surface area (Å²) in [5.41, 5.74) is 0. The lowest BCUT2D eigenvalue weighted by Gasteiger charge is -2.09. The van der Waals surface area contributed by atoms with Gasteiger partial charge in [-0.3, -0.25) is 4.18 Å². The van der Waals surface area contributed by atoms with E-state index in [1.165, 1.54) is 12.1 Å². The molecular formula is C26H45IO12S. The molecule has 0 aliphatic heterocycles. The number of rotatable bonds is 31. The Hall–Kier alpha value is -0.500. The number of alkyl halides is 1. The molecule has 0 aliphatic rings. The molecule has 0 bridgehead atoms. The Kier molecular flexibility index (Phi) is 26.8. The molecule has 12 nitrogen and oxygen atoms in total. The second-order valence-corrected chi connectivity index (χ2v) is 10.5. The summed E-state index contributed by atoms with van der Waals surface area (Å²) in [6, 6.07) is 7.98. The van der Waals surface area contributed by atoms with Gasteiger partial charge in [0.05, 0.1) is 130 Å². The average Bonchev–Trinajstić information content (AvgIpc) is 2.97. The largest absolute Gasteiger partial charge is 0.378 e. The van der Waals surface area contributed by atoms with Crippen molar-refractivity contribution >= 4 is 32.7 Å². The van der Waals surface area contributed by atoms with Crippen molar-refractivity contribution in [2.24, 2.45) is 0 Å². The zero-order valence-electron chi connectivity index (χ0n) is 23.2. The highest BCUT2D eigenvalue weighted by molar-refractivity contribution is 14.1. The van der Waals surface area contributed by atoms with Crippen molar-refractivity contribution in [3.63, 3.8) is 0 Å². The maximum absolute atomic E-state index is 11.9. The van der Waals surface area contributed by atoms with E-state index in [9.17, 15) is 8.42 Å². The Labute approximate surface area is 252 Å². The standard InChI is InChI=1S/C26H45IO12S/c27-6-7-30-8-9-31-10-11-32-12-13-33-14-15-34-16-17-35-18-19-36-20-21-37-22-23-38-24-25-39-40(28,29)26-4-2-1-3-5-26/h1-5H,6-25H2. The van der Waals surface area contributed by atoms with Gasteiger partial charge < -0.3 is 42.6 Å². The molecule has 0 amide bonds. The van der Waals surface area contributed by atoms with Crippen LogP contribution in [0.25, 0.3) is 0 Å². The fraction of sp³-hybridized carbons (Fsp3) is 0.769. The van der Waals surface area contributed by atoms with Crippen molar-refractivity contribution < 1.29 is 55.2 Å². The van der Waals surface area contributed by atoms with E-state index in [0.29, 0.717) is 106 Å². The topological polar surface area (TPSA) is 126 Å². The second kappa shape index (κ2) is 28.6. The predicted molar refractivity (Wildman–Crippen MR) is 156 cm³/mol. The molecule has 0 aromatic heterocycles. The van der Waals surface area contributed by atoms with Crippen LogP contribution in [0.2, 0.25) is 0 Å². The fourth-order valence-electron chi connectivity index (χ4n) is 2.77. The van der Waals surface area contributed by atoms with Gasteiger partial charge in [-0.2, -0.15) is 8.42 Å². The minimum atomic E-state index is -3.75. The van der Waals surface area contributed by atoms with E-state index in [-0.39, 0.29) is 18.1 Å². The van der Waals surface area contributed by atoms with Crippen molar-refractivity contribution in [3.8, 4) is 0 Å². The van der Waals surface area contributed by atoms with E-state index >= 15 is 0 Å². The highest BCUT2D eigenvalue weighted by Crippen LogP contribution is 2.10. The van der Waals surface area contributed by atoms with Crippen LogP contribution in [0.1, 0.15) is 0 Å². The minimum absolute atomic E-state index is 0.0539. The molecule has 1 aromatic rings. The Morgan fingerprint density at radius 1 is 0.425 bits per heavy atom. The van der Waals surface area contributed by atoms with Crippen molar-refractivity contribution in [1.29, 1.82) is 0 Å². The Bertz CT molecular complexity index is 757. The third kappa shape index (κ3) is 24.1. The molecular weight excluding hydrogens is 663 g/mol. The van der Waals surface area contributed by atoms with Crippen LogP contribution in [-0.2, 0) is 56.9 Å². The summed E-state index contributed by atoms with van der Waals surface area (Å²) in [5.74, 6) is 0. The van der Waals surface area contributed by atoms with Crippen molar-refractivity contribution in [1.82, 2.24) is 0 Å². The summed E-state index contributed by atoms with van der Waals surface area (Å²) < 4.78 is 78.4. The average molecular weight is 709 g/mol. The molecule has 40 heavy (non-hydrogen) atoms. The van der Waals surface area contributed by atoms with Gasteiger partial charge in [-0.1, -0.05) is 40.8 Å². The number of hydrogen-bond donors (Lipinski definition) is 0. The van der Waals surface area contributed by atoms with Gasteiger partial charge in [0.15, 0.2) is 0 Å². The fourth-order valence-corrected chi connectivity index (χ4v) is 4.00. The summed E-state index contributed by atoms with van der Waals surface area (Å²) in [6.07, 6.45) is 0. The number of hydrogen-bond acceptors (Lipinski definition) is 12. The lowest BCUT2D eigenvalue weighted by molar-refractivity contribution is -0.0251. The third-order valence-electron chi connectivity index (χ3n) is 4.70. The van der Waals surface area contributed by atoms with Crippen LogP contribution in [0.15, 0.2) is 35.2 Å². The molecule has 0 heterocycles. The van der Waals surface area contributed by atoms with Gasteiger partial charge >= 0.3 is 0 Å². The van der Waals surface area contributed by atoms with Gasteiger partial charge in [-0.15, -0.1) is 0 Å². The normalized spacial score (nSPS) is 11.8. The van der Waals surface area contributed by atoms with Crippen LogP contribution in [0.4, 0.5) is 0 Å². The first-order chi connectivity index (χ1) is 19.7. The van der Waals surface area contributed by atoms with Crippen molar-refractivity contribution in [3.05, 3.63) is 30.3 Å². The summed E-state index contributed by atoms with van der Waals surface area (Å²) in [6.45, 7) is 8.71. The first kappa shape index (κ1) is 37.5. The van der Waals surface area contributed by atoms with Gasteiger partial charge in [0.1, 0.15) is 0 Å². The highest BCUT2D eigenvalue weighted by Gasteiger charge is 2.13. The molecule has 0 saturated heterocycles. The van der Waals surface area contributed by atoms with Crippen molar-refractivity contribution in [2.75, 3.05) is 130 Å². The Morgan fingerprint density at radius 3 is 1.00 bits per heavy atom. The van der Waals surface area contributed by atoms with E-state index in [2.05, 4.69) is 22.6 Å². The zero-order chi connectivity index (χ0) is 28.8. The lowest BCUT2D eigenvalue weighted by Crippen LogP contribution is -2.15. The summed E-state index contributed by atoms with van der Waals surface area (Å²) >= 11 is 2.27. The summed E-state index contributed by atoms with van der Waals surface area (Å²) in [7, 11) is -3.75. The van der Waals surface area contributed by atoms with Crippen molar-refractivity contribution in [2.45, 2.75) is 4.90 Å². The van der Waals surface area contributed by atoms with E-state index < -0.39 is 10.1 Å². The molecule has 0 aliphatic carbocycles. The Balaban J connectivity index is 1.69. The number of halogens is 1. The first-order valence-electron chi connectivity index (χ1n) is 13.4. The molecule has 0 spiro atoms. The van der Waals surface area contributed by atoms with Crippen LogP contribution in [0.3, 0.4) is 0 Å². The molecule has 14 heteroatoms. The van der Waals surface area contributed by atoms with E-state index in [1.807, 2.05) is 0 Å². The molecule has 0 saturated carbocycles. The second-order valence-electron chi connectivity index (χ2n) is 7.79. The number of ether oxygens (including phenoxy) is 9. The van der Waals surface area contributed by atoms with E-state index in [4.69, 9.17) is 46.8 Å². The maximum atomic E-state index is 11.9. The first-order valence-corrected chi connectivity index (χ1v) is 16.3. The molecule has 234 valence electrons. The minimum Gasteiger partial charge on any atom is -0.378 e. The van der Waals surface area contributed by atoms with Gasteiger partial charge in [0, 0.05) is 4.43 Å². The molecule has 1 aromatic carbocycles. The van der Waals surface area contributed by atoms with Crippen LogP contribution in [0, 0.1) is 0 Å². The maximum Gasteiger partial charge on any atom is 0.297 e. The Morgan fingerprint density at radius 2 is 0.700 bits per heavy atom. The lowest BCUT2D eigenvalue weighted by atomic mass is 10.4. The van der Waals surface area contributed by atoms with Crippen LogP contribution in [0.5, 0.6) is 0 Å². The van der Waals surface area contributed by atoms with Gasteiger partial charge in [-0.05, 0) is 12.1 Å². The molecule has 0 fully saturated rings. The number of benzene rings is 1. The molecule has 0 unspecified atom stereocenters.